The molecule has 0 saturated carbocycles. The Hall–Kier alpha value is -3.35. The summed E-state index contributed by atoms with van der Waals surface area (Å²) in [7, 11) is 5.03. The van der Waals surface area contributed by atoms with E-state index in [1.165, 1.54) is 0 Å². The average Bonchev–Trinajstić information content (AvgIpc) is 3.07. The minimum absolute atomic E-state index is 0.0849. The molecule has 0 spiro atoms. The van der Waals surface area contributed by atoms with E-state index in [-0.39, 0.29) is 12.3 Å². The lowest BCUT2D eigenvalue weighted by molar-refractivity contribution is -0.120. The van der Waals surface area contributed by atoms with Gasteiger partial charge < -0.3 is 14.8 Å². The van der Waals surface area contributed by atoms with Crippen molar-refractivity contribution in [3.05, 3.63) is 60.0 Å². The van der Waals surface area contributed by atoms with Gasteiger partial charge in [0.25, 0.3) is 0 Å². The Bertz CT molecular complexity index is 922. The fourth-order valence-corrected chi connectivity index (χ4v) is 2.83. The highest BCUT2D eigenvalue weighted by atomic mass is 16.5. The zero-order valence-electron chi connectivity index (χ0n) is 15.6. The summed E-state index contributed by atoms with van der Waals surface area (Å²) in [5.41, 5.74) is 3.65. The number of rotatable bonds is 7. The Kier molecular flexibility index (Phi) is 5.71. The number of hydrogen-bond acceptors (Lipinski definition) is 5. The quantitative estimate of drug-likeness (QED) is 0.694. The molecule has 3 rings (SSSR count). The van der Waals surface area contributed by atoms with E-state index in [0.717, 1.165) is 22.5 Å². The van der Waals surface area contributed by atoms with Crippen molar-refractivity contribution in [2.45, 2.75) is 13.0 Å². The molecule has 27 heavy (non-hydrogen) atoms. The normalized spacial score (nSPS) is 10.5. The molecule has 0 bridgehead atoms. The Balaban J connectivity index is 1.61. The van der Waals surface area contributed by atoms with Crippen LogP contribution >= 0.6 is 0 Å². The topological polar surface area (TPSA) is 78.3 Å². The lowest BCUT2D eigenvalue weighted by Crippen LogP contribution is -2.24. The summed E-state index contributed by atoms with van der Waals surface area (Å²) < 4.78 is 12.3. The zero-order valence-corrected chi connectivity index (χ0v) is 15.6. The van der Waals surface area contributed by atoms with Crippen LogP contribution in [0.4, 0.5) is 0 Å². The van der Waals surface area contributed by atoms with Crippen molar-refractivity contribution in [3.63, 3.8) is 0 Å². The van der Waals surface area contributed by atoms with Crippen LogP contribution in [0.1, 0.15) is 11.3 Å². The molecular weight excluding hydrogens is 344 g/mol. The molecule has 7 heteroatoms. The van der Waals surface area contributed by atoms with Crippen molar-refractivity contribution in [3.8, 4) is 22.8 Å². The number of carbonyl (C=O) groups is 1. The molecule has 0 atom stereocenters. The van der Waals surface area contributed by atoms with Gasteiger partial charge in [-0.1, -0.05) is 6.07 Å². The van der Waals surface area contributed by atoms with Gasteiger partial charge in [-0.25, -0.2) is 0 Å². The van der Waals surface area contributed by atoms with Crippen molar-refractivity contribution >= 4 is 5.91 Å². The number of ether oxygens (including phenoxy) is 2. The first kappa shape index (κ1) is 18.4. The number of nitrogens with zero attached hydrogens (tertiary/aromatic N) is 3. The van der Waals surface area contributed by atoms with Gasteiger partial charge in [0.1, 0.15) is 0 Å². The first-order valence-corrected chi connectivity index (χ1v) is 8.51. The van der Waals surface area contributed by atoms with Crippen LogP contribution in [0.5, 0.6) is 11.5 Å². The molecule has 0 aliphatic carbocycles. The summed E-state index contributed by atoms with van der Waals surface area (Å²) in [6, 6.07) is 11.3. The van der Waals surface area contributed by atoms with Crippen LogP contribution in [0.2, 0.25) is 0 Å². The van der Waals surface area contributed by atoms with E-state index in [4.69, 9.17) is 9.47 Å². The number of hydrogen-bond donors (Lipinski definition) is 1. The molecule has 1 N–H and O–H groups in total. The van der Waals surface area contributed by atoms with Crippen LogP contribution in [0.3, 0.4) is 0 Å². The molecule has 0 aliphatic heterocycles. The van der Waals surface area contributed by atoms with Crippen LogP contribution in [0.25, 0.3) is 11.3 Å². The van der Waals surface area contributed by atoms with Crippen molar-refractivity contribution in [1.29, 1.82) is 0 Å². The fourth-order valence-electron chi connectivity index (χ4n) is 2.83. The molecule has 0 fully saturated rings. The third-order valence-electron chi connectivity index (χ3n) is 4.19. The Labute approximate surface area is 158 Å². The summed E-state index contributed by atoms with van der Waals surface area (Å²) in [5.74, 6) is 1.16. The number of methoxy groups -OCH3 is 2. The molecule has 7 nitrogen and oxygen atoms in total. The van der Waals surface area contributed by atoms with Gasteiger partial charge in [-0.2, -0.15) is 5.10 Å². The molecule has 0 saturated heterocycles. The monoisotopic (exact) mass is 366 g/mol. The van der Waals surface area contributed by atoms with Crippen molar-refractivity contribution < 1.29 is 14.3 Å². The number of aromatic nitrogens is 3. The fraction of sp³-hybridized carbons (Fsp3) is 0.250. The number of benzene rings is 1. The van der Waals surface area contributed by atoms with E-state index in [0.29, 0.717) is 18.0 Å². The maximum atomic E-state index is 12.3. The van der Waals surface area contributed by atoms with E-state index >= 15 is 0 Å². The average molecular weight is 366 g/mol. The molecule has 2 heterocycles. The predicted molar refractivity (Wildman–Crippen MR) is 102 cm³/mol. The smallest absolute Gasteiger partial charge is 0.224 e. The Morgan fingerprint density at radius 2 is 1.81 bits per heavy atom. The van der Waals surface area contributed by atoms with Gasteiger partial charge in [-0.3, -0.25) is 14.5 Å². The number of nitrogens with one attached hydrogen (secondary N) is 1. The van der Waals surface area contributed by atoms with E-state index in [1.54, 1.807) is 43.4 Å². The van der Waals surface area contributed by atoms with E-state index < -0.39 is 0 Å². The second-order valence-electron chi connectivity index (χ2n) is 6.02. The van der Waals surface area contributed by atoms with Crippen molar-refractivity contribution in [2.24, 2.45) is 7.05 Å². The first-order valence-electron chi connectivity index (χ1n) is 8.51. The summed E-state index contributed by atoms with van der Waals surface area (Å²) in [4.78, 5) is 16.3. The zero-order chi connectivity index (χ0) is 19.2. The largest absolute Gasteiger partial charge is 0.493 e. The standard InChI is InChI=1S/C20H22N4O3/c1-24-17(15-6-8-21-9-7-15)12-16(23-24)13-22-20(25)11-14-4-5-18(26-2)19(10-14)27-3/h4-10,12H,11,13H2,1-3H3,(H,22,25). The van der Waals surface area contributed by atoms with Crippen molar-refractivity contribution in [2.75, 3.05) is 14.2 Å². The highest BCUT2D eigenvalue weighted by molar-refractivity contribution is 5.78. The molecule has 2 aromatic heterocycles. The number of amides is 1. The van der Waals surface area contributed by atoms with E-state index in [1.807, 2.05) is 31.3 Å². The molecule has 140 valence electrons. The predicted octanol–water partition coefficient (Wildman–Crippen LogP) is 2.36. The summed E-state index contributed by atoms with van der Waals surface area (Å²) in [6.07, 6.45) is 3.74. The second kappa shape index (κ2) is 8.35. The van der Waals surface area contributed by atoms with Gasteiger partial charge in [0.2, 0.25) is 5.91 Å². The van der Waals surface area contributed by atoms with Crippen LogP contribution < -0.4 is 14.8 Å². The molecular formula is C20H22N4O3. The maximum Gasteiger partial charge on any atom is 0.224 e. The highest BCUT2D eigenvalue weighted by Crippen LogP contribution is 2.27. The minimum Gasteiger partial charge on any atom is -0.493 e. The third-order valence-corrected chi connectivity index (χ3v) is 4.19. The lowest BCUT2D eigenvalue weighted by Gasteiger charge is -2.09. The Morgan fingerprint density at radius 3 is 2.52 bits per heavy atom. The van der Waals surface area contributed by atoms with Crippen LogP contribution in [0.15, 0.2) is 48.8 Å². The summed E-state index contributed by atoms with van der Waals surface area (Å²) in [6.45, 7) is 0.366. The third kappa shape index (κ3) is 4.44. The van der Waals surface area contributed by atoms with Gasteiger partial charge >= 0.3 is 0 Å². The molecule has 1 aromatic carbocycles. The van der Waals surface area contributed by atoms with Crippen molar-refractivity contribution in [1.82, 2.24) is 20.1 Å². The van der Waals surface area contributed by atoms with Gasteiger partial charge in [0.15, 0.2) is 11.5 Å². The highest BCUT2D eigenvalue weighted by Gasteiger charge is 2.11. The molecule has 1 amide bonds. The van der Waals surface area contributed by atoms with Gasteiger partial charge in [0, 0.05) is 25.0 Å². The molecule has 0 aliphatic rings. The summed E-state index contributed by atoms with van der Waals surface area (Å²) in [5, 5.41) is 7.37. The number of pyridine rings is 1. The summed E-state index contributed by atoms with van der Waals surface area (Å²) >= 11 is 0. The molecule has 3 aromatic rings. The maximum absolute atomic E-state index is 12.3. The Morgan fingerprint density at radius 1 is 1.07 bits per heavy atom. The van der Waals surface area contributed by atoms with E-state index in [9.17, 15) is 4.79 Å². The van der Waals surface area contributed by atoms with E-state index in [2.05, 4.69) is 15.4 Å². The van der Waals surface area contributed by atoms with Crippen LogP contribution in [-0.4, -0.2) is 34.9 Å². The van der Waals surface area contributed by atoms with Gasteiger partial charge in [-0.05, 0) is 35.9 Å². The van der Waals surface area contributed by atoms with Gasteiger partial charge in [0.05, 0.1) is 38.6 Å². The number of aryl methyl sites for hydroxylation is 1. The second-order valence-corrected chi connectivity index (χ2v) is 6.02. The molecule has 0 unspecified atom stereocenters. The molecule has 0 radical (unpaired) electrons. The first-order chi connectivity index (χ1) is 13.1. The van der Waals surface area contributed by atoms with Gasteiger partial charge in [-0.15, -0.1) is 0 Å². The minimum atomic E-state index is -0.0849. The van der Waals surface area contributed by atoms with Crippen LogP contribution in [-0.2, 0) is 24.8 Å². The van der Waals surface area contributed by atoms with Crippen LogP contribution in [0, 0.1) is 0 Å². The lowest BCUT2D eigenvalue weighted by atomic mass is 10.1. The SMILES string of the molecule is COc1ccc(CC(=O)NCc2cc(-c3ccncc3)n(C)n2)cc1OC. The number of carbonyl (C=O) groups excluding carboxylic acids is 1.